The first kappa shape index (κ1) is 13.3. The normalized spacial score (nSPS) is 10.3. The molecule has 0 aliphatic heterocycles. The number of hydrogen-bond donors (Lipinski definition) is 1. The minimum absolute atomic E-state index is 0.145. The highest BCUT2D eigenvalue weighted by Crippen LogP contribution is 2.19. The summed E-state index contributed by atoms with van der Waals surface area (Å²) in [7, 11) is 0. The van der Waals surface area contributed by atoms with Crippen molar-refractivity contribution in [2.24, 2.45) is 0 Å². The zero-order chi connectivity index (χ0) is 13.0. The Morgan fingerprint density at radius 2 is 2.33 bits per heavy atom. The van der Waals surface area contributed by atoms with Crippen molar-refractivity contribution in [2.45, 2.75) is 6.54 Å². The number of halogens is 2. The number of nitrogens with zero attached hydrogens (tertiary/aromatic N) is 3. The van der Waals surface area contributed by atoms with Gasteiger partial charge in [0.25, 0.3) is 5.91 Å². The Morgan fingerprint density at radius 1 is 1.50 bits per heavy atom. The molecule has 7 heteroatoms. The third kappa shape index (κ3) is 3.42. The third-order valence-electron chi connectivity index (χ3n) is 2.28. The molecule has 5 nitrogen and oxygen atoms in total. The molecular weight excluding hydrogens is 367 g/mol. The van der Waals surface area contributed by atoms with E-state index in [2.05, 4.69) is 38.2 Å². The van der Waals surface area contributed by atoms with Gasteiger partial charge in [0.1, 0.15) is 0 Å². The third-order valence-corrected chi connectivity index (χ3v) is 3.85. The minimum atomic E-state index is -0.145. The van der Waals surface area contributed by atoms with E-state index in [-0.39, 0.29) is 5.91 Å². The zero-order valence-electron chi connectivity index (χ0n) is 9.31. The molecule has 1 amide bonds. The summed E-state index contributed by atoms with van der Waals surface area (Å²) in [6, 6.07) is 5.22. The number of rotatable bonds is 4. The summed E-state index contributed by atoms with van der Waals surface area (Å²) in [4.78, 5) is 11.8. The molecule has 94 valence electrons. The van der Waals surface area contributed by atoms with E-state index in [0.29, 0.717) is 23.7 Å². The van der Waals surface area contributed by atoms with E-state index < -0.39 is 0 Å². The van der Waals surface area contributed by atoms with E-state index >= 15 is 0 Å². The monoisotopic (exact) mass is 376 g/mol. The summed E-state index contributed by atoms with van der Waals surface area (Å²) >= 11 is 8.08. The largest absolute Gasteiger partial charge is 0.350 e. The van der Waals surface area contributed by atoms with Crippen molar-refractivity contribution in [3.8, 4) is 0 Å². The van der Waals surface area contributed by atoms with Crippen molar-refractivity contribution >= 4 is 40.1 Å². The van der Waals surface area contributed by atoms with E-state index in [9.17, 15) is 4.79 Å². The standard InChI is InChI=1S/C11H10ClIN4O/c12-9-7-8(1-2-10(9)13)11(18)14-3-5-17-6-4-15-16-17/h1-2,4,6-7H,3,5H2,(H,14,18). The van der Waals surface area contributed by atoms with Crippen LogP contribution < -0.4 is 5.32 Å². The van der Waals surface area contributed by atoms with Crippen LogP contribution in [0, 0.1) is 3.57 Å². The van der Waals surface area contributed by atoms with Crippen LogP contribution in [-0.2, 0) is 6.54 Å². The molecule has 0 saturated heterocycles. The van der Waals surface area contributed by atoms with E-state index in [0.717, 1.165) is 3.57 Å². The molecule has 0 atom stereocenters. The number of aromatic nitrogens is 3. The van der Waals surface area contributed by atoms with Crippen LogP contribution in [0.3, 0.4) is 0 Å². The van der Waals surface area contributed by atoms with Gasteiger partial charge in [-0.1, -0.05) is 16.8 Å². The van der Waals surface area contributed by atoms with Gasteiger partial charge in [-0.3, -0.25) is 9.48 Å². The van der Waals surface area contributed by atoms with Gasteiger partial charge < -0.3 is 5.32 Å². The molecule has 0 aliphatic carbocycles. The lowest BCUT2D eigenvalue weighted by Crippen LogP contribution is -2.27. The van der Waals surface area contributed by atoms with E-state index in [1.165, 1.54) is 0 Å². The van der Waals surface area contributed by atoms with Gasteiger partial charge in [-0.15, -0.1) is 5.10 Å². The lowest BCUT2D eigenvalue weighted by Gasteiger charge is -2.06. The van der Waals surface area contributed by atoms with Crippen LogP contribution in [0.5, 0.6) is 0 Å². The summed E-state index contributed by atoms with van der Waals surface area (Å²) in [6.07, 6.45) is 3.34. The SMILES string of the molecule is O=C(NCCn1ccnn1)c1ccc(I)c(Cl)c1. The van der Waals surface area contributed by atoms with Crippen molar-refractivity contribution in [3.63, 3.8) is 0 Å². The first-order valence-corrected chi connectivity index (χ1v) is 6.70. The molecule has 1 aromatic heterocycles. The number of hydrogen-bond acceptors (Lipinski definition) is 3. The average molecular weight is 377 g/mol. The van der Waals surface area contributed by atoms with Crippen molar-refractivity contribution in [2.75, 3.05) is 6.54 Å². The average Bonchev–Trinajstić information content (AvgIpc) is 2.85. The minimum Gasteiger partial charge on any atom is -0.350 e. The van der Waals surface area contributed by atoms with Crippen LogP contribution in [0.4, 0.5) is 0 Å². The highest BCUT2D eigenvalue weighted by atomic mass is 127. The number of carbonyl (C=O) groups is 1. The first-order chi connectivity index (χ1) is 8.66. The first-order valence-electron chi connectivity index (χ1n) is 5.24. The van der Waals surface area contributed by atoms with Crippen molar-refractivity contribution in [1.29, 1.82) is 0 Å². The summed E-state index contributed by atoms with van der Waals surface area (Å²) in [5.41, 5.74) is 0.555. The van der Waals surface area contributed by atoms with Crippen molar-refractivity contribution in [3.05, 3.63) is 44.7 Å². The lowest BCUT2D eigenvalue weighted by atomic mass is 10.2. The van der Waals surface area contributed by atoms with Gasteiger partial charge >= 0.3 is 0 Å². The van der Waals surface area contributed by atoms with Crippen molar-refractivity contribution < 1.29 is 4.79 Å². The molecule has 0 fully saturated rings. The Morgan fingerprint density at radius 3 is 3.00 bits per heavy atom. The number of benzene rings is 1. The molecule has 0 unspecified atom stereocenters. The molecule has 18 heavy (non-hydrogen) atoms. The molecule has 2 aromatic rings. The van der Waals surface area contributed by atoms with Crippen LogP contribution in [0.25, 0.3) is 0 Å². The van der Waals surface area contributed by atoms with Crippen LogP contribution in [0.1, 0.15) is 10.4 Å². The van der Waals surface area contributed by atoms with Gasteiger partial charge in [0.15, 0.2) is 0 Å². The number of carbonyl (C=O) groups excluding carboxylic acids is 1. The predicted molar refractivity (Wildman–Crippen MR) is 76.5 cm³/mol. The van der Waals surface area contributed by atoms with Crippen molar-refractivity contribution in [1.82, 2.24) is 20.3 Å². The molecule has 0 saturated carbocycles. The number of amides is 1. The van der Waals surface area contributed by atoms with E-state index in [4.69, 9.17) is 11.6 Å². The summed E-state index contributed by atoms with van der Waals surface area (Å²) in [5.74, 6) is -0.145. The zero-order valence-corrected chi connectivity index (χ0v) is 12.2. The Labute approximate surface area is 123 Å². The summed E-state index contributed by atoms with van der Waals surface area (Å²) in [5, 5.41) is 10.9. The maximum Gasteiger partial charge on any atom is 0.251 e. The molecule has 0 spiro atoms. The van der Waals surface area contributed by atoms with E-state index in [1.807, 2.05) is 6.07 Å². The molecule has 1 heterocycles. The van der Waals surface area contributed by atoms with Gasteiger partial charge in [0.2, 0.25) is 0 Å². The Hall–Kier alpha value is -1.15. The van der Waals surface area contributed by atoms with Crippen LogP contribution in [0.15, 0.2) is 30.6 Å². The smallest absolute Gasteiger partial charge is 0.251 e. The Balaban J connectivity index is 1.89. The molecule has 0 radical (unpaired) electrons. The molecule has 1 aromatic carbocycles. The van der Waals surface area contributed by atoms with Gasteiger partial charge in [0.05, 0.1) is 17.8 Å². The van der Waals surface area contributed by atoms with Gasteiger partial charge in [0, 0.05) is 21.9 Å². The predicted octanol–water partition coefficient (Wildman–Crippen LogP) is 1.97. The Kier molecular flexibility index (Phi) is 4.54. The van der Waals surface area contributed by atoms with E-state index in [1.54, 1.807) is 29.2 Å². The summed E-state index contributed by atoms with van der Waals surface area (Å²) < 4.78 is 2.58. The van der Waals surface area contributed by atoms with Gasteiger partial charge in [-0.2, -0.15) is 0 Å². The Bertz CT molecular complexity index is 544. The fraction of sp³-hybridized carbons (Fsp3) is 0.182. The van der Waals surface area contributed by atoms with Gasteiger partial charge in [-0.25, -0.2) is 0 Å². The topological polar surface area (TPSA) is 59.8 Å². The molecule has 0 bridgehead atoms. The quantitative estimate of drug-likeness (QED) is 0.830. The second-order valence-corrected chi connectivity index (χ2v) is 5.12. The molecular formula is C11H10ClIN4O. The maximum absolute atomic E-state index is 11.8. The summed E-state index contributed by atoms with van der Waals surface area (Å²) in [6.45, 7) is 1.08. The fourth-order valence-corrected chi connectivity index (χ4v) is 1.89. The molecule has 0 aliphatic rings. The van der Waals surface area contributed by atoms with Gasteiger partial charge in [-0.05, 0) is 40.8 Å². The lowest BCUT2D eigenvalue weighted by molar-refractivity contribution is 0.0952. The van der Waals surface area contributed by atoms with Crippen LogP contribution in [0.2, 0.25) is 5.02 Å². The highest BCUT2D eigenvalue weighted by molar-refractivity contribution is 14.1. The molecule has 2 rings (SSSR count). The number of nitrogens with one attached hydrogen (secondary N) is 1. The van der Waals surface area contributed by atoms with Crippen LogP contribution >= 0.6 is 34.2 Å². The second-order valence-electron chi connectivity index (χ2n) is 3.55. The fourth-order valence-electron chi connectivity index (χ4n) is 1.38. The molecule has 1 N–H and O–H groups in total. The maximum atomic E-state index is 11.8. The highest BCUT2D eigenvalue weighted by Gasteiger charge is 2.07. The van der Waals surface area contributed by atoms with Crippen LogP contribution in [-0.4, -0.2) is 27.4 Å². The second kappa shape index (κ2) is 6.14.